The lowest BCUT2D eigenvalue weighted by Crippen LogP contribution is -2.16. The van der Waals surface area contributed by atoms with Crippen molar-refractivity contribution in [3.05, 3.63) is 66.2 Å². The molecule has 0 spiro atoms. The SMILES string of the molecule is COc1ccc(NC(=O)c2ccnc(NCc3ccncc3)n2)c(OC)c1. The third-order valence-electron chi connectivity index (χ3n) is 3.75. The van der Waals surface area contributed by atoms with Gasteiger partial charge < -0.3 is 20.1 Å². The highest BCUT2D eigenvalue weighted by Crippen LogP contribution is 2.29. The molecule has 0 saturated carbocycles. The maximum absolute atomic E-state index is 12.5. The second-order valence-electron chi connectivity index (χ2n) is 5.49. The molecule has 0 saturated heterocycles. The molecule has 3 rings (SSSR count). The van der Waals surface area contributed by atoms with Crippen LogP contribution in [0.25, 0.3) is 0 Å². The molecule has 2 N–H and O–H groups in total. The van der Waals surface area contributed by atoms with E-state index in [1.807, 2.05) is 12.1 Å². The Hall–Kier alpha value is -3.68. The molecule has 0 atom stereocenters. The van der Waals surface area contributed by atoms with Crippen LogP contribution in [0.1, 0.15) is 16.1 Å². The Bertz CT molecular complexity index is 918. The van der Waals surface area contributed by atoms with Gasteiger partial charge in [-0.2, -0.15) is 0 Å². The molecule has 0 unspecified atom stereocenters. The first kappa shape index (κ1) is 18.1. The fourth-order valence-corrected chi connectivity index (χ4v) is 2.34. The summed E-state index contributed by atoms with van der Waals surface area (Å²) in [7, 11) is 3.09. The van der Waals surface area contributed by atoms with Gasteiger partial charge in [0.1, 0.15) is 17.2 Å². The van der Waals surface area contributed by atoms with E-state index in [4.69, 9.17) is 9.47 Å². The molecule has 0 aliphatic heterocycles. The van der Waals surface area contributed by atoms with Gasteiger partial charge in [0.2, 0.25) is 5.95 Å². The van der Waals surface area contributed by atoms with Crippen molar-refractivity contribution in [2.75, 3.05) is 24.9 Å². The van der Waals surface area contributed by atoms with Crippen LogP contribution in [0.3, 0.4) is 0 Å². The van der Waals surface area contributed by atoms with E-state index in [0.29, 0.717) is 29.7 Å². The average molecular weight is 365 g/mol. The van der Waals surface area contributed by atoms with E-state index in [1.54, 1.807) is 43.8 Å². The maximum Gasteiger partial charge on any atom is 0.274 e. The van der Waals surface area contributed by atoms with E-state index in [1.165, 1.54) is 13.3 Å². The quantitative estimate of drug-likeness (QED) is 0.664. The molecule has 0 bridgehead atoms. The van der Waals surface area contributed by atoms with E-state index in [0.717, 1.165) is 5.56 Å². The standard InChI is InChI=1S/C19H19N5O3/c1-26-14-3-4-15(17(11-14)27-2)23-18(25)16-7-10-21-19(24-16)22-12-13-5-8-20-9-6-13/h3-11H,12H2,1-2H3,(H,23,25)(H,21,22,24). The molecule has 0 aliphatic rings. The van der Waals surface area contributed by atoms with Gasteiger partial charge in [-0.1, -0.05) is 0 Å². The first-order valence-electron chi connectivity index (χ1n) is 8.19. The summed E-state index contributed by atoms with van der Waals surface area (Å²) in [5.41, 5.74) is 1.79. The van der Waals surface area contributed by atoms with Crippen molar-refractivity contribution in [3.8, 4) is 11.5 Å². The number of carbonyl (C=O) groups is 1. The number of hydrogen-bond donors (Lipinski definition) is 2. The summed E-state index contributed by atoms with van der Waals surface area (Å²) < 4.78 is 10.4. The largest absolute Gasteiger partial charge is 0.497 e. The van der Waals surface area contributed by atoms with Crippen molar-refractivity contribution in [3.63, 3.8) is 0 Å². The van der Waals surface area contributed by atoms with Crippen LogP contribution in [0.4, 0.5) is 11.6 Å². The van der Waals surface area contributed by atoms with Gasteiger partial charge >= 0.3 is 0 Å². The van der Waals surface area contributed by atoms with Crippen LogP contribution in [0.15, 0.2) is 55.0 Å². The van der Waals surface area contributed by atoms with Gasteiger partial charge in [-0.05, 0) is 35.9 Å². The fourth-order valence-electron chi connectivity index (χ4n) is 2.34. The molecule has 0 radical (unpaired) electrons. The van der Waals surface area contributed by atoms with Gasteiger partial charge in [0, 0.05) is 31.2 Å². The monoisotopic (exact) mass is 365 g/mol. The van der Waals surface area contributed by atoms with Gasteiger partial charge in [-0.15, -0.1) is 0 Å². The number of hydrogen-bond acceptors (Lipinski definition) is 7. The smallest absolute Gasteiger partial charge is 0.274 e. The lowest BCUT2D eigenvalue weighted by atomic mass is 10.2. The lowest BCUT2D eigenvalue weighted by Gasteiger charge is -2.12. The van der Waals surface area contributed by atoms with Crippen molar-refractivity contribution < 1.29 is 14.3 Å². The number of ether oxygens (including phenoxy) is 2. The summed E-state index contributed by atoms with van der Waals surface area (Å²) >= 11 is 0. The first-order valence-corrected chi connectivity index (χ1v) is 8.19. The number of methoxy groups -OCH3 is 2. The predicted octanol–water partition coefficient (Wildman–Crippen LogP) is 2.75. The number of pyridine rings is 1. The van der Waals surface area contributed by atoms with Crippen LogP contribution in [0.5, 0.6) is 11.5 Å². The molecule has 1 aromatic carbocycles. The lowest BCUT2D eigenvalue weighted by molar-refractivity contribution is 0.102. The minimum atomic E-state index is -0.368. The zero-order valence-electron chi connectivity index (χ0n) is 15.0. The van der Waals surface area contributed by atoms with Crippen LogP contribution in [0.2, 0.25) is 0 Å². The van der Waals surface area contributed by atoms with Crippen molar-refractivity contribution in [2.24, 2.45) is 0 Å². The summed E-state index contributed by atoms with van der Waals surface area (Å²) in [6, 6.07) is 10.5. The van der Waals surface area contributed by atoms with Crippen LogP contribution in [-0.2, 0) is 6.54 Å². The molecule has 138 valence electrons. The zero-order valence-corrected chi connectivity index (χ0v) is 15.0. The molecule has 2 heterocycles. The molecule has 2 aromatic heterocycles. The molecule has 1 amide bonds. The van der Waals surface area contributed by atoms with E-state index in [9.17, 15) is 4.79 Å². The molecule has 8 nitrogen and oxygen atoms in total. The topological polar surface area (TPSA) is 98.3 Å². The van der Waals surface area contributed by atoms with Crippen molar-refractivity contribution in [1.82, 2.24) is 15.0 Å². The predicted molar refractivity (Wildman–Crippen MR) is 101 cm³/mol. The summed E-state index contributed by atoms with van der Waals surface area (Å²) in [6.07, 6.45) is 4.95. The van der Waals surface area contributed by atoms with E-state index >= 15 is 0 Å². The van der Waals surface area contributed by atoms with Crippen molar-refractivity contribution in [1.29, 1.82) is 0 Å². The number of nitrogens with zero attached hydrogens (tertiary/aromatic N) is 3. The number of benzene rings is 1. The molecule has 3 aromatic rings. The molecule has 8 heteroatoms. The Kier molecular flexibility index (Phi) is 5.78. The Morgan fingerprint density at radius 3 is 2.59 bits per heavy atom. The molecule has 27 heavy (non-hydrogen) atoms. The number of aromatic nitrogens is 3. The normalized spacial score (nSPS) is 10.1. The van der Waals surface area contributed by atoms with E-state index in [2.05, 4.69) is 25.6 Å². The average Bonchev–Trinajstić information content (AvgIpc) is 2.73. The van der Waals surface area contributed by atoms with Crippen molar-refractivity contribution >= 4 is 17.5 Å². The van der Waals surface area contributed by atoms with Crippen LogP contribution in [0, 0.1) is 0 Å². The minimum Gasteiger partial charge on any atom is -0.497 e. The van der Waals surface area contributed by atoms with E-state index < -0.39 is 0 Å². The number of anilines is 2. The summed E-state index contributed by atoms with van der Waals surface area (Å²) in [4.78, 5) is 24.9. The minimum absolute atomic E-state index is 0.236. The second kappa shape index (κ2) is 8.61. The number of amides is 1. The molecular weight excluding hydrogens is 346 g/mol. The van der Waals surface area contributed by atoms with Gasteiger partial charge in [0.25, 0.3) is 5.91 Å². The highest BCUT2D eigenvalue weighted by Gasteiger charge is 2.13. The van der Waals surface area contributed by atoms with E-state index in [-0.39, 0.29) is 11.6 Å². The van der Waals surface area contributed by atoms with Gasteiger partial charge in [-0.25, -0.2) is 9.97 Å². The third-order valence-corrected chi connectivity index (χ3v) is 3.75. The van der Waals surface area contributed by atoms with Crippen molar-refractivity contribution in [2.45, 2.75) is 6.54 Å². The number of nitrogens with one attached hydrogen (secondary N) is 2. The fraction of sp³-hybridized carbons (Fsp3) is 0.158. The summed E-state index contributed by atoms with van der Waals surface area (Å²) in [6.45, 7) is 0.528. The van der Waals surface area contributed by atoms with Crippen LogP contribution in [-0.4, -0.2) is 35.1 Å². The van der Waals surface area contributed by atoms with Crippen LogP contribution >= 0.6 is 0 Å². The molecule has 0 fully saturated rings. The van der Waals surface area contributed by atoms with Gasteiger partial charge in [0.05, 0.1) is 19.9 Å². The van der Waals surface area contributed by atoms with Gasteiger partial charge in [0.15, 0.2) is 0 Å². The Labute approximate surface area is 156 Å². The molecular formula is C19H19N5O3. The zero-order chi connectivity index (χ0) is 19.1. The first-order chi connectivity index (χ1) is 13.2. The molecule has 0 aliphatic carbocycles. The highest BCUT2D eigenvalue weighted by atomic mass is 16.5. The number of rotatable bonds is 7. The summed E-state index contributed by atoms with van der Waals surface area (Å²) in [5, 5.41) is 5.87. The third kappa shape index (κ3) is 4.69. The van der Waals surface area contributed by atoms with Gasteiger partial charge in [-0.3, -0.25) is 9.78 Å². The highest BCUT2D eigenvalue weighted by molar-refractivity contribution is 6.03. The number of carbonyl (C=O) groups excluding carboxylic acids is 1. The summed E-state index contributed by atoms with van der Waals surface area (Å²) in [5.74, 6) is 1.12. The Morgan fingerprint density at radius 1 is 1.04 bits per heavy atom. The Balaban J connectivity index is 1.70. The maximum atomic E-state index is 12.5. The second-order valence-corrected chi connectivity index (χ2v) is 5.49. The Morgan fingerprint density at radius 2 is 1.85 bits per heavy atom. The van der Waals surface area contributed by atoms with Crippen LogP contribution < -0.4 is 20.1 Å².